The van der Waals surface area contributed by atoms with Crippen molar-refractivity contribution in [2.24, 2.45) is 0 Å². The minimum Gasteiger partial charge on any atom is -0.484 e. The summed E-state index contributed by atoms with van der Waals surface area (Å²) in [5, 5.41) is 0. The lowest BCUT2D eigenvalue weighted by molar-refractivity contribution is -0.0849. The number of halogens is 2. The van der Waals surface area contributed by atoms with Crippen molar-refractivity contribution in [3.8, 4) is 5.75 Å². The molecule has 19 heavy (non-hydrogen) atoms. The monoisotopic (exact) mass is 271 g/mol. The summed E-state index contributed by atoms with van der Waals surface area (Å²) in [5.41, 5.74) is 4.16. The van der Waals surface area contributed by atoms with Gasteiger partial charge in [-0.1, -0.05) is 0 Å². The van der Waals surface area contributed by atoms with Crippen LogP contribution in [0.25, 0.3) is 0 Å². The van der Waals surface area contributed by atoms with Gasteiger partial charge in [-0.25, -0.2) is 8.78 Å². The molecule has 0 spiro atoms. The quantitative estimate of drug-likeness (QED) is 0.840. The van der Waals surface area contributed by atoms with Crippen LogP contribution in [0.4, 0.5) is 14.5 Å². The van der Waals surface area contributed by atoms with Crippen molar-refractivity contribution in [2.75, 3.05) is 5.73 Å². The van der Waals surface area contributed by atoms with E-state index in [4.69, 9.17) is 15.2 Å². The molecular weight excluding hydrogens is 252 g/mol. The predicted molar refractivity (Wildman–Crippen MR) is 69.0 cm³/mol. The smallest absolute Gasteiger partial charge is 0.167 e. The molecule has 5 heteroatoms. The highest BCUT2D eigenvalue weighted by atomic mass is 19.1. The second kappa shape index (κ2) is 4.34. The maximum absolute atomic E-state index is 13.7. The zero-order chi connectivity index (χ0) is 14.4. The molecule has 0 saturated carbocycles. The number of benzene rings is 1. The third kappa shape index (κ3) is 2.81. The maximum atomic E-state index is 13.7. The van der Waals surface area contributed by atoms with Gasteiger partial charge in [-0.2, -0.15) is 0 Å². The first-order chi connectivity index (χ1) is 8.61. The average Bonchev–Trinajstić information content (AvgIpc) is 2.43. The Bertz CT molecular complexity index is 500. The van der Waals surface area contributed by atoms with E-state index in [2.05, 4.69) is 0 Å². The lowest BCUT2D eigenvalue weighted by atomic mass is 9.97. The third-order valence-electron chi connectivity index (χ3n) is 3.31. The molecule has 1 saturated heterocycles. The number of nitrogen functional groups attached to an aromatic ring is 1. The highest BCUT2D eigenvalue weighted by Gasteiger charge is 2.47. The van der Waals surface area contributed by atoms with Crippen LogP contribution in [-0.4, -0.2) is 17.3 Å². The molecule has 1 heterocycles. The van der Waals surface area contributed by atoms with Gasteiger partial charge in [0.25, 0.3) is 0 Å². The lowest BCUT2D eigenvalue weighted by Gasteiger charge is -2.27. The molecule has 1 aromatic carbocycles. The Morgan fingerprint density at radius 1 is 1.21 bits per heavy atom. The molecule has 3 nitrogen and oxygen atoms in total. The van der Waals surface area contributed by atoms with E-state index in [1.807, 2.05) is 27.7 Å². The number of nitrogens with two attached hydrogens (primary N) is 1. The fourth-order valence-electron chi connectivity index (χ4n) is 2.48. The Morgan fingerprint density at radius 3 is 2.37 bits per heavy atom. The standard InChI is InChI=1S/C14H19F2NO2/c1-13(2)7-12(14(3,4)19-13)18-11-6-8(15)10(17)5-9(11)16/h5-6,12H,7,17H2,1-4H3. The van der Waals surface area contributed by atoms with Gasteiger partial charge in [0.1, 0.15) is 17.5 Å². The van der Waals surface area contributed by atoms with Crippen LogP contribution in [0, 0.1) is 11.6 Å². The van der Waals surface area contributed by atoms with Crippen molar-refractivity contribution in [1.29, 1.82) is 0 Å². The molecule has 0 amide bonds. The second-order valence-corrected chi connectivity index (χ2v) is 6.08. The van der Waals surface area contributed by atoms with Crippen molar-refractivity contribution >= 4 is 5.69 Å². The lowest BCUT2D eigenvalue weighted by Crippen LogP contribution is -2.37. The molecule has 1 aliphatic heterocycles. The summed E-state index contributed by atoms with van der Waals surface area (Å²) in [6, 6.07) is 1.91. The SMILES string of the molecule is CC1(C)CC(Oc2cc(F)c(N)cc2F)C(C)(C)O1. The molecule has 1 aromatic rings. The van der Waals surface area contributed by atoms with E-state index in [0.717, 1.165) is 12.1 Å². The minimum atomic E-state index is -0.688. The van der Waals surface area contributed by atoms with Crippen LogP contribution in [0.15, 0.2) is 12.1 Å². The fourth-order valence-corrected chi connectivity index (χ4v) is 2.48. The van der Waals surface area contributed by atoms with Gasteiger partial charge in [0.2, 0.25) is 0 Å². The van der Waals surface area contributed by atoms with E-state index in [1.54, 1.807) is 0 Å². The average molecular weight is 271 g/mol. The Hall–Kier alpha value is -1.36. The Morgan fingerprint density at radius 2 is 1.84 bits per heavy atom. The second-order valence-electron chi connectivity index (χ2n) is 6.08. The van der Waals surface area contributed by atoms with E-state index in [9.17, 15) is 8.78 Å². The fraction of sp³-hybridized carbons (Fsp3) is 0.571. The largest absolute Gasteiger partial charge is 0.484 e. The zero-order valence-electron chi connectivity index (χ0n) is 11.6. The highest BCUT2D eigenvalue weighted by molar-refractivity contribution is 5.44. The molecule has 2 N–H and O–H groups in total. The number of ether oxygens (including phenoxy) is 2. The van der Waals surface area contributed by atoms with E-state index in [0.29, 0.717) is 6.42 Å². The van der Waals surface area contributed by atoms with Crippen LogP contribution in [0.3, 0.4) is 0 Å². The summed E-state index contributed by atoms with van der Waals surface area (Å²) in [4.78, 5) is 0. The van der Waals surface area contributed by atoms with Crippen LogP contribution in [0.1, 0.15) is 34.1 Å². The summed E-state index contributed by atoms with van der Waals surface area (Å²) in [5.74, 6) is -1.49. The van der Waals surface area contributed by atoms with E-state index in [-0.39, 0.29) is 23.1 Å². The zero-order valence-corrected chi connectivity index (χ0v) is 11.6. The van der Waals surface area contributed by atoms with E-state index in [1.165, 1.54) is 0 Å². The third-order valence-corrected chi connectivity index (χ3v) is 3.31. The van der Waals surface area contributed by atoms with Gasteiger partial charge >= 0.3 is 0 Å². The van der Waals surface area contributed by atoms with E-state index >= 15 is 0 Å². The summed E-state index contributed by atoms with van der Waals surface area (Å²) in [7, 11) is 0. The summed E-state index contributed by atoms with van der Waals surface area (Å²) in [6.07, 6.45) is 0.255. The number of rotatable bonds is 2. The first-order valence-electron chi connectivity index (χ1n) is 6.22. The highest BCUT2D eigenvalue weighted by Crippen LogP contribution is 2.40. The molecule has 1 unspecified atom stereocenters. The first-order valence-corrected chi connectivity index (χ1v) is 6.22. The van der Waals surface area contributed by atoms with Crippen molar-refractivity contribution in [3.63, 3.8) is 0 Å². The maximum Gasteiger partial charge on any atom is 0.167 e. The van der Waals surface area contributed by atoms with Crippen molar-refractivity contribution in [3.05, 3.63) is 23.8 Å². The minimum absolute atomic E-state index is 0.133. The summed E-state index contributed by atoms with van der Waals surface area (Å²) >= 11 is 0. The van der Waals surface area contributed by atoms with E-state index < -0.39 is 17.2 Å². The molecular formula is C14H19F2NO2. The van der Waals surface area contributed by atoms with Gasteiger partial charge in [0, 0.05) is 18.6 Å². The van der Waals surface area contributed by atoms with Crippen molar-refractivity contribution in [1.82, 2.24) is 0 Å². The molecule has 2 rings (SSSR count). The molecule has 1 aliphatic rings. The van der Waals surface area contributed by atoms with Gasteiger partial charge in [-0.3, -0.25) is 0 Å². The molecule has 0 aromatic heterocycles. The predicted octanol–water partition coefficient (Wildman–Crippen LogP) is 3.27. The number of anilines is 1. The van der Waals surface area contributed by atoms with Gasteiger partial charge in [0.05, 0.1) is 11.3 Å². The Kier molecular flexibility index (Phi) is 3.21. The Labute approximate surface area is 111 Å². The normalized spacial score (nSPS) is 24.4. The number of hydrogen-bond donors (Lipinski definition) is 1. The van der Waals surface area contributed by atoms with Crippen LogP contribution >= 0.6 is 0 Å². The summed E-state index contributed by atoms with van der Waals surface area (Å²) < 4.78 is 38.5. The topological polar surface area (TPSA) is 44.5 Å². The molecule has 0 bridgehead atoms. The van der Waals surface area contributed by atoms with Crippen LogP contribution < -0.4 is 10.5 Å². The molecule has 1 fully saturated rings. The van der Waals surface area contributed by atoms with Crippen LogP contribution in [0.5, 0.6) is 5.75 Å². The van der Waals surface area contributed by atoms with Crippen molar-refractivity contribution in [2.45, 2.75) is 51.4 Å². The van der Waals surface area contributed by atoms with Gasteiger partial charge < -0.3 is 15.2 Å². The first kappa shape index (κ1) is 14.1. The molecule has 0 radical (unpaired) electrons. The Balaban J connectivity index is 2.25. The number of hydrogen-bond acceptors (Lipinski definition) is 3. The van der Waals surface area contributed by atoms with Crippen LogP contribution in [-0.2, 0) is 4.74 Å². The van der Waals surface area contributed by atoms with Gasteiger partial charge in [-0.05, 0) is 27.7 Å². The van der Waals surface area contributed by atoms with Crippen molar-refractivity contribution < 1.29 is 18.3 Å². The van der Waals surface area contributed by atoms with Gasteiger partial charge in [0.15, 0.2) is 11.6 Å². The molecule has 106 valence electrons. The molecule has 1 atom stereocenters. The van der Waals surface area contributed by atoms with Crippen LogP contribution in [0.2, 0.25) is 0 Å². The molecule has 0 aliphatic carbocycles. The van der Waals surface area contributed by atoms with Gasteiger partial charge in [-0.15, -0.1) is 0 Å². The summed E-state index contributed by atoms with van der Waals surface area (Å²) in [6.45, 7) is 7.63.